The summed E-state index contributed by atoms with van der Waals surface area (Å²) in [6, 6.07) is 10.1. The summed E-state index contributed by atoms with van der Waals surface area (Å²) in [6.45, 7) is 0.159. The highest BCUT2D eigenvalue weighted by Crippen LogP contribution is 2.22. The number of nitro benzene ring substituents is 1. The number of non-ortho nitro benzene ring substituents is 1. The van der Waals surface area contributed by atoms with E-state index in [2.05, 4.69) is 5.32 Å². The molecule has 1 amide bonds. The number of ether oxygens (including phenoxy) is 1. The second kappa shape index (κ2) is 7.92. The Balaban J connectivity index is 1.60. The van der Waals surface area contributed by atoms with Crippen LogP contribution in [-0.4, -0.2) is 10.8 Å². The molecule has 0 aliphatic carbocycles. The van der Waals surface area contributed by atoms with E-state index in [0.29, 0.717) is 22.3 Å². The van der Waals surface area contributed by atoms with E-state index < -0.39 is 22.5 Å². The summed E-state index contributed by atoms with van der Waals surface area (Å²) in [5, 5.41) is 14.7. The molecule has 1 heterocycles. The van der Waals surface area contributed by atoms with Gasteiger partial charge in [0.15, 0.2) is 0 Å². The first-order valence-corrected chi connectivity index (χ1v) is 8.51. The molecule has 27 heavy (non-hydrogen) atoms. The summed E-state index contributed by atoms with van der Waals surface area (Å²) in [7, 11) is 0. The molecule has 1 N–H and O–H groups in total. The fraction of sp³-hybridized carbons (Fsp3) is 0.0556. The van der Waals surface area contributed by atoms with Crippen molar-refractivity contribution in [1.82, 2.24) is 0 Å². The molecule has 3 rings (SSSR count). The van der Waals surface area contributed by atoms with Gasteiger partial charge in [0.25, 0.3) is 11.6 Å². The largest absolute Gasteiger partial charge is 0.489 e. The summed E-state index contributed by atoms with van der Waals surface area (Å²) in [6.07, 6.45) is 0. The van der Waals surface area contributed by atoms with Crippen LogP contribution in [-0.2, 0) is 6.61 Å². The molecule has 0 atom stereocenters. The maximum absolute atomic E-state index is 13.6. The molecule has 0 saturated carbocycles. The fourth-order valence-corrected chi connectivity index (χ4v) is 2.97. The number of benzene rings is 2. The van der Waals surface area contributed by atoms with Crippen LogP contribution >= 0.6 is 11.3 Å². The van der Waals surface area contributed by atoms with Gasteiger partial charge >= 0.3 is 0 Å². The van der Waals surface area contributed by atoms with E-state index >= 15 is 0 Å². The van der Waals surface area contributed by atoms with Crippen molar-refractivity contribution in [3.8, 4) is 5.75 Å². The molecule has 0 spiro atoms. The number of nitrogens with one attached hydrogen (secondary N) is 1. The third kappa shape index (κ3) is 4.64. The van der Waals surface area contributed by atoms with Crippen LogP contribution in [0.15, 0.2) is 53.9 Å². The maximum atomic E-state index is 13.6. The number of carbonyl (C=O) groups is 1. The molecule has 0 radical (unpaired) electrons. The van der Waals surface area contributed by atoms with Crippen molar-refractivity contribution in [2.75, 3.05) is 5.32 Å². The number of hydrogen-bond donors (Lipinski definition) is 1. The van der Waals surface area contributed by atoms with Gasteiger partial charge in [-0.2, -0.15) is 0 Å². The van der Waals surface area contributed by atoms with Crippen LogP contribution in [0.3, 0.4) is 0 Å². The molecule has 6 nitrogen and oxygen atoms in total. The standard InChI is InChI=1S/C18H12F2N2O4S/c19-12-1-6-16(15(20)8-12)21-18(23)17-7-11(10-27-17)9-26-14-4-2-13(3-5-14)22(24)25/h1-8,10H,9H2,(H,21,23). The van der Waals surface area contributed by atoms with Crippen molar-refractivity contribution < 1.29 is 23.2 Å². The van der Waals surface area contributed by atoms with Crippen LogP contribution < -0.4 is 10.1 Å². The first-order valence-electron chi connectivity index (χ1n) is 7.63. The lowest BCUT2D eigenvalue weighted by molar-refractivity contribution is -0.384. The summed E-state index contributed by atoms with van der Waals surface area (Å²) in [4.78, 5) is 22.6. The predicted octanol–water partition coefficient (Wildman–Crippen LogP) is 4.77. The second-order valence-electron chi connectivity index (χ2n) is 5.44. The number of rotatable bonds is 6. The Kier molecular flexibility index (Phi) is 5.41. The lowest BCUT2D eigenvalue weighted by Crippen LogP contribution is -2.11. The van der Waals surface area contributed by atoms with Crippen molar-refractivity contribution in [1.29, 1.82) is 0 Å². The van der Waals surface area contributed by atoms with Gasteiger partial charge in [-0.05, 0) is 35.7 Å². The quantitative estimate of drug-likeness (QED) is 0.486. The minimum atomic E-state index is -0.860. The van der Waals surface area contributed by atoms with Crippen LogP contribution in [0.2, 0.25) is 0 Å². The topological polar surface area (TPSA) is 81.5 Å². The van der Waals surface area contributed by atoms with Gasteiger partial charge in [-0.3, -0.25) is 14.9 Å². The lowest BCUT2D eigenvalue weighted by Gasteiger charge is -2.05. The van der Waals surface area contributed by atoms with Crippen LogP contribution in [0.25, 0.3) is 0 Å². The SMILES string of the molecule is O=C(Nc1ccc(F)cc1F)c1cc(COc2ccc([N+](=O)[O-])cc2)cs1. The van der Waals surface area contributed by atoms with Gasteiger partial charge in [0.2, 0.25) is 0 Å². The molecule has 0 fully saturated rings. The Morgan fingerprint density at radius 1 is 1.15 bits per heavy atom. The zero-order valence-electron chi connectivity index (χ0n) is 13.6. The molecule has 3 aromatic rings. The Labute approximate surface area is 156 Å². The number of nitro groups is 1. The van der Waals surface area contributed by atoms with E-state index in [1.807, 2.05) is 0 Å². The number of halogens is 2. The van der Waals surface area contributed by atoms with Gasteiger partial charge in [-0.15, -0.1) is 11.3 Å². The van der Waals surface area contributed by atoms with Crippen LogP contribution in [0.5, 0.6) is 5.75 Å². The summed E-state index contributed by atoms with van der Waals surface area (Å²) in [5.74, 6) is -1.66. The molecule has 0 bridgehead atoms. The molecule has 2 aromatic carbocycles. The van der Waals surface area contributed by atoms with Gasteiger partial charge in [-0.25, -0.2) is 8.78 Å². The van der Waals surface area contributed by atoms with Gasteiger partial charge in [-0.1, -0.05) is 0 Å². The first-order chi connectivity index (χ1) is 12.9. The molecule has 1 aromatic heterocycles. The van der Waals surface area contributed by atoms with Gasteiger partial charge < -0.3 is 10.1 Å². The average molecular weight is 390 g/mol. The number of hydrogen-bond acceptors (Lipinski definition) is 5. The Hall–Kier alpha value is -3.33. The average Bonchev–Trinajstić information content (AvgIpc) is 3.12. The molecular formula is C18H12F2N2O4S. The molecule has 9 heteroatoms. The summed E-state index contributed by atoms with van der Waals surface area (Å²) in [5.41, 5.74) is 0.562. The van der Waals surface area contributed by atoms with Crippen molar-refractivity contribution >= 4 is 28.6 Å². The van der Waals surface area contributed by atoms with Crippen molar-refractivity contribution in [2.24, 2.45) is 0 Å². The van der Waals surface area contributed by atoms with Gasteiger partial charge in [0, 0.05) is 23.8 Å². The van der Waals surface area contributed by atoms with E-state index in [-0.39, 0.29) is 18.0 Å². The summed E-state index contributed by atoms with van der Waals surface area (Å²) >= 11 is 1.15. The molecule has 0 saturated heterocycles. The monoisotopic (exact) mass is 390 g/mol. The number of amides is 1. The van der Waals surface area contributed by atoms with Crippen molar-refractivity contribution in [3.63, 3.8) is 0 Å². The second-order valence-corrected chi connectivity index (χ2v) is 6.35. The number of carbonyl (C=O) groups excluding carboxylic acids is 1. The Morgan fingerprint density at radius 3 is 2.56 bits per heavy atom. The number of thiophene rings is 1. The van der Waals surface area contributed by atoms with Crippen LogP contribution in [0, 0.1) is 21.7 Å². The van der Waals surface area contributed by atoms with E-state index in [1.165, 1.54) is 24.3 Å². The fourth-order valence-electron chi connectivity index (χ4n) is 2.18. The zero-order valence-corrected chi connectivity index (χ0v) is 14.5. The highest BCUT2D eigenvalue weighted by Gasteiger charge is 2.13. The van der Waals surface area contributed by atoms with E-state index in [1.54, 1.807) is 11.4 Å². The number of nitrogens with zero attached hydrogens (tertiary/aromatic N) is 1. The number of anilines is 1. The van der Waals surface area contributed by atoms with Crippen LogP contribution in [0.1, 0.15) is 15.2 Å². The zero-order chi connectivity index (χ0) is 19.4. The third-order valence-electron chi connectivity index (χ3n) is 3.51. The van der Waals surface area contributed by atoms with Crippen molar-refractivity contribution in [2.45, 2.75) is 6.61 Å². The highest BCUT2D eigenvalue weighted by molar-refractivity contribution is 7.12. The van der Waals surface area contributed by atoms with Gasteiger partial charge in [0.05, 0.1) is 15.5 Å². The maximum Gasteiger partial charge on any atom is 0.269 e. The molecule has 0 aliphatic heterocycles. The smallest absolute Gasteiger partial charge is 0.269 e. The summed E-state index contributed by atoms with van der Waals surface area (Å²) < 4.78 is 32.0. The Bertz CT molecular complexity index is 989. The normalized spacial score (nSPS) is 10.4. The van der Waals surface area contributed by atoms with Crippen molar-refractivity contribution in [3.05, 3.63) is 86.1 Å². The molecule has 0 aliphatic rings. The predicted molar refractivity (Wildman–Crippen MR) is 96.1 cm³/mol. The van der Waals surface area contributed by atoms with Crippen LogP contribution in [0.4, 0.5) is 20.2 Å². The molecule has 0 unspecified atom stereocenters. The van der Waals surface area contributed by atoms with E-state index in [4.69, 9.17) is 4.74 Å². The highest BCUT2D eigenvalue weighted by atomic mass is 32.1. The van der Waals surface area contributed by atoms with E-state index in [0.717, 1.165) is 23.5 Å². The molecule has 138 valence electrons. The first kappa shape index (κ1) is 18.5. The Morgan fingerprint density at radius 2 is 1.89 bits per heavy atom. The molecular weight excluding hydrogens is 378 g/mol. The van der Waals surface area contributed by atoms with Gasteiger partial charge in [0.1, 0.15) is 24.0 Å². The minimum Gasteiger partial charge on any atom is -0.489 e. The third-order valence-corrected chi connectivity index (χ3v) is 4.49. The van der Waals surface area contributed by atoms with E-state index in [9.17, 15) is 23.7 Å². The minimum absolute atomic E-state index is 0.0372. The lowest BCUT2D eigenvalue weighted by atomic mass is 10.2.